The summed E-state index contributed by atoms with van der Waals surface area (Å²) in [5.74, 6) is 0.655. The Morgan fingerprint density at radius 1 is 1.26 bits per heavy atom. The van der Waals surface area contributed by atoms with E-state index in [1.54, 1.807) is 23.2 Å². The molecule has 5 nitrogen and oxygen atoms in total. The zero-order valence-electron chi connectivity index (χ0n) is 15.5. The lowest BCUT2D eigenvalue weighted by molar-refractivity contribution is -0.137. The van der Waals surface area contributed by atoms with Gasteiger partial charge >= 0.3 is 0 Å². The van der Waals surface area contributed by atoms with Crippen molar-refractivity contribution < 1.29 is 9.59 Å². The van der Waals surface area contributed by atoms with Crippen LogP contribution < -0.4 is 4.90 Å². The number of likely N-dealkylation sites (tertiary alicyclic amines) is 1. The summed E-state index contributed by atoms with van der Waals surface area (Å²) in [5.41, 5.74) is 3.55. The van der Waals surface area contributed by atoms with Crippen molar-refractivity contribution in [1.29, 1.82) is 0 Å². The number of rotatable bonds is 4. The molecule has 0 spiro atoms. The van der Waals surface area contributed by atoms with Gasteiger partial charge in [0.05, 0.1) is 17.9 Å². The van der Waals surface area contributed by atoms with E-state index in [2.05, 4.69) is 4.98 Å². The van der Waals surface area contributed by atoms with Crippen molar-refractivity contribution in [2.75, 3.05) is 18.0 Å². The van der Waals surface area contributed by atoms with Crippen LogP contribution in [0, 0.1) is 5.92 Å². The Balaban J connectivity index is 1.50. The number of aromatic nitrogens is 1. The van der Waals surface area contributed by atoms with Gasteiger partial charge in [-0.1, -0.05) is 18.5 Å². The molecule has 2 aliphatic rings. The molecule has 0 aliphatic carbocycles. The normalized spacial score (nSPS) is 19.2. The Bertz CT molecular complexity index is 908. The summed E-state index contributed by atoms with van der Waals surface area (Å²) in [7, 11) is 0. The van der Waals surface area contributed by atoms with Gasteiger partial charge < -0.3 is 4.90 Å². The smallest absolute Gasteiger partial charge is 0.259 e. The Morgan fingerprint density at radius 2 is 2.04 bits per heavy atom. The molecule has 0 saturated carbocycles. The second kappa shape index (κ2) is 6.97. The van der Waals surface area contributed by atoms with Crippen LogP contribution >= 0.6 is 11.6 Å². The maximum Gasteiger partial charge on any atom is 0.259 e. The third-order valence-corrected chi connectivity index (χ3v) is 5.73. The number of nitrogens with zero attached hydrogens (tertiary/aromatic N) is 3. The molecule has 4 rings (SSSR count). The van der Waals surface area contributed by atoms with Gasteiger partial charge in [0.25, 0.3) is 5.91 Å². The van der Waals surface area contributed by atoms with E-state index in [1.807, 2.05) is 37.1 Å². The summed E-state index contributed by atoms with van der Waals surface area (Å²) in [6.07, 6.45) is 5.01. The highest BCUT2D eigenvalue weighted by Gasteiger charge is 2.35. The fourth-order valence-corrected chi connectivity index (χ4v) is 4.22. The molecule has 0 N–H and O–H groups in total. The van der Waals surface area contributed by atoms with Gasteiger partial charge in [-0.15, -0.1) is 0 Å². The molecule has 1 fully saturated rings. The average Bonchev–Trinajstić information content (AvgIpc) is 2.87. The number of carbonyl (C=O) groups is 2. The molecular formula is C21H22ClN3O2. The number of amides is 2. The fraction of sp³-hybridized carbons (Fsp3) is 0.381. The highest BCUT2D eigenvalue weighted by Crippen LogP contribution is 2.38. The second-order valence-electron chi connectivity index (χ2n) is 7.36. The first-order valence-corrected chi connectivity index (χ1v) is 9.70. The summed E-state index contributed by atoms with van der Waals surface area (Å²) in [4.78, 5) is 32.6. The number of carbonyl (C=O) groups excluding carboxylic acids is 2. The Hall–Kier alpha value is -2.40. The summed E-state index contributed by atoms with van der Waals surface area (Å²) in [5, 5.41) is 0.637. The van der Waals surface area contributed by atoms with Gasteiger partial charge in [-0.2, -0.15) is 0 Å². The quantitative estimate of drug-likeness (QED) is 0.805. The van der Waals surface area contributed by atoms with Gasteiger partial charge in [-0.3, -0.25) is 19.5 Å². The van der Waals surface area contributed by atoms with E-state index < -0.39 is 0 Å². The largest absolute Gasteiger partial charge is 0.342 e. The van der Waals surface area contributed by atoms with Gasteiger partial charge in [0.15, 0.2) is 0 Å². The number of pyridine rings is 1. The molecule has 1 atom stereocenters. The zero-order valence-corrected chi connectivity index (χ0v) is 16.2. The number of fused-ring (bicyclic) bond motifs is 1. The number of anilines is 1. The minimum absolute atomic E-state index is 0.0171. The number of hydrogen-bond acceptors (Lipinski definition) is 3. The Labute approximate surface area is 163 Å². The van der Waals surface area contributed by atoms with Gasteiger partial charge in [0, 0.05) is 36.3 Å². The van der Waals surface area contributed by atoms with Crippen molar-refractivity contribution >= 4 is 29.1 Å². The van der Waals surface area contributed by atoms with E-state index >= 15 is 0 Å². The van der Waals surface area contributed by atoms with Gasteiger partial charge in [-0.25, -0.2) is 0 Å². The number of hydrogen-bond donors (Lipinski definition) is 0. The lowest BCUT2D eigenvalue weighted by Gasteiger charge is -2.39. The Kier molecular flexibility index (Phi) is 4.64. The summed E-state index contributed by atoms with van der Waals surface area (Å²) in [6, 6.07) is 7.37. The molecule has 0 bridgehead atoms. The number of halogens is 1. The van der Waals surface area contributed by atoms with E-state index in [9.17, 15) is 9.59 Å². The topological polar surface area (TPSA) is 53.5 Å². The molecule has 0 radical (unpaired) electrons. The highest BCUT2D eigenvalue weighted by atomic mass is 35.5. The minimum atomic E-state index is -0.0791. The lowest BCUT2D eigenvalue weighted by Crippen LogP contribution is -2.50. The van der Waals surface area contributed by atoms with E-state index in [4.69, 9.17) is 11.6 Å². The lowest BCUT2D eigenvalue weighted by atomic mass is 9.92. The average molecular weight is 384 g/mol. The monoisotopic (exact) mass is 383 g/mol. The van der Waals surface area contributed by atoms with Crippen LogP contribution in [-0.2, 0) is 11.2 Å². The van der Waals surface area contributed by atoms with Crippen LogP contribution in [0.5, 0.6) is 0 Å². The first-order valence-electron chi connectivity index (χ1n) is 9.32. The van der Waals surface area contributed by atoms with Crippen LogP contribution in [0.1, 0.15) is 47.8 Å². The summed E-state index contributed by atoms with van der Waals surface area (Å²) < 4.78 is 0. The predicted octanol–water partition coefficient (Wildman–Crippen LogP) is 3.87. The molecule has 3 heterocycles. The van der Waals surface area contributed by atoms with E-state index in [0.717, 1.165) is 36.3 Å². The van der Waals surface area contributed by atoms with Crippen LogP contribution in [0.15, 0.2) is 36.7 Å². The highest BCUT2D eigenvalue weighted by molar-refractivity contribution is 6.31. The molecule has 1 aromatic heterocycles. The number of benzene rings is 1. The maximum absolute atomic E-state index is 12.9. The van der Waals surface area contributed by atoms with Crippen molar-refractivity contribution in [3.05, 3.63) is 58.4 Å². The molecule has 0 unspecified atom stereocenters. The van der Waals surface area contributed by atoms with E-state index in [0.29, 0.717) is 22.9 Å². The van der Waals surface area contributed by atoms with Crippen LogP contribution in [0.25, 0.3) is 0 Å². The van der Waals surface area contributed by atoms with Gasteiger partial charge in [0.1, 0.15) is 0 Å². The van der Waals surface area contributed by atoms with Crippen molar-refractivity contribution in [1.82, 2.24) is 9.88 Å². The van der Waals surface area contributed by atoms with Crippen molar-refractivity contribution in [3.63, 3.8) is 0 Å². The summed E-state index contributed by atoms with van der Waals surface area (Å²) >= 11 is 6.11. The van der Waals surface area contributed by atoms with Crippen LogP contribution in [0.2, 0.25) is 5.02 Å². The maximum atomic E-state index is 12.9. The molecule has 2 amide bonds. The third kappa shape index (κ3) is 3.21. The second-order valence-corrected chi connectivity index (χ2v) is 7.79. The molecule has 1 saturated heterocycles. The van der Waals surface area contributed by atoms with Gasteiger partial charge in [0.2, 0.25) is 5.91 Å². The minimum Gasteiger partial charge on any atom is -0.342 e. The van der Waals surface area contributed by atoms with Crippen LogP contribution in [0.4, 0.5) is 5.69 Å². The van der Waals surface area contributed by atoms with Crippen LogP contribution in [-0.4, -0.2) is 34.8 Å². The van der Waals surface area contributed by atoms with Crippen molar-refractivity contribution in [3.8, 4) is 0 Å². The fourth-order valence-electron chi connectivity index (χ4n) is 4.04. The standard InChI is InChI=1S/C21H22ClN3O2/c1-3-20(26)24-11-15(12-24)6-14-7-17(10-23-9-14)25-13(2)19-8-16(22)4-5-18(19)21(25)27/h4-5,7-10,13,15H,3,6,11-12H2,1-2H3/t13-/m0/s1. The third-order valence-electron chi connectivity index (χ3n) is 5.50. The molecule has 2 aliphatic heterocycles. The molecule has 1 aromatic carbocycles. The zero-order chi connectivity index (χ0) is 19.1. The van der Waals surface area contributed by atoms with E-state index in [-0.39, 0.29) is 17.9 Å². The van der Waals surface area contributed by atoms with E-state index in [1.165, 1.54) is 0 Å². The molecular weight excluding hydrogens is 362 g/mol. The molecule has 140 valence electrons. The molecule has 27 heavy (non-hydrogen) atoms. The SMILES string of the molecule is CCC(=O)N1CC(Cc2cncc(N3C(=O)c4ccc(Cl)cc4[C@@H]3C)c2)C1. The van der Waals surface area contributed by atoms with Crippen molar-refractivity contribution in [2.45, 2.75) is 32.7 Å². The molecule has 2 aromatic rings. The first kappa shape index (κ1) is 18.0. The Morgan fingerprint density at radius 3 is 2.78 bits per heavy atom. The predicted molar refractivity (Wildman–Crippen MR) is 105 cm³/mol. The van der Waals surface area contributed by atoms with Crippen LogP contribution in [0.3, 0.4) is 0 Å². The summed E-state index contributed by atoms with van der Waals surface area (Å²) in [6.45, 7) is 5.51. The van der Waals surface area contributed by atoms with Gasteiger partial charge in [-0.05, 0) is 54.7 Å². The first-order chi connectivity index (χ1) is 13.0. The van der Waals surface area contributed by atoms with Crippen molar-refractivity contribution in [2.24, 2.45) is 5.92 Å². The molecule has 6 heteroatoms.